The van der Waals surface area contributed by atoms with Gasteiger partial charge in [-0.3, -0.25) is 0 Å². The van der Waals surface area contributed by atoms with Gasteiger partial charge in [0.1, 0.15) is 11.6 Å². The maximum Gasteiger partial charge on any atom is 0.446 e. The van der Waals surface area contributed by atoms with Crippen LogP contribution in [0.25, 0.3) is 22.6 Å². The van der Waals surface area contributed by atoms with Gasteiger partial charge in [0.05, 0.1) is 17.5 Å². The van der Waals surface area contributed by atoms with Crippen molar-refractivity contribution in [1.82, 2.24) is 15.2 Å². The van der Waals surface area contributed by atoms with Gasteiger partial charge in [0.25, 0.3) is 0 Å². The van der Waals surface area contributed by atoms with Gasteiger partial charge < -0.3 is 0 Å². The molecule has 0 N–H and O–H groups in total. The molecule has 1 aromatic heterocycles. The second-order valence-electron chi connectivity index (χ2n) is 4.87. The molecule has 1 heterocycles. The molecule has 0 fully saturated rings. The number of hydrogen-bond donors (Lipinski definition) is 0. The van der Waals surface area contributed by atoms with Crippen molar-refractivity contribution in [2.75, 3.05) is 0 Å². The Hall–Kier alpha value is -2.55. The van der Waals surface area contributed by atoms with Crippen molar-refractivity contribution in [1.29, 1.82) is 0 Å². The lowest BCUT2D eigenvalue weighted by Crippen LogP contribution is -1.99. The van der Waals surface area contributed by atoms with Crippen LogP contribution in [0.5, 0.6) is 0 Å². The third kappa shape index (κ3) is 4.30. The molecule has 0 saturated carbocycles. The van der Waals surface area contributed by atoms with Crippen molar-refractivity contribution in [3.63, 3.8) is 0 Å². The highest BCUT2D eigenvalue weighted by molar-refractivity contribution is 8.00. The molecule has 2 aromatic carbocycles. The fraction of sp³-hybridized carbons (Fsp3) is 0.0625. The zero-order valence-corrected chi connectivity index (χ0v) is 13.1. The summed E-state index contributed by atoms with van der Waals surface area (Å²) < 4.78 is 64.3. The molecule has 0 radical (unpaired) electrons. The molecule has 0 atom stereocenters. The highest BCUT2D eigenvalue weighted by Crippen LogP contribution is 2.38. The first-order valence-electron chi connectivity index (χ1n) is 6.83. The van der Waals surface area contributed by atoms with Crippen LogP contribution in [0.15, 0.2) is 53.6 Å². The molecule has 25 heavy (non-hydrogen) atoms. The van der Waals surface area contributed by atoms with E-state index in [-0.39, 0.29) is 33.7 Å². The average Bonchev–Trinajstić information content (AvgIpc) is 2.53. The van der Waals surface area contributed by atoms with Gasteiger partial charge in [-0.2, -0.15) is 18.3 Å². The summed E-state index contributed by atoms with van der Waals surface area (Å²) >= 11 is -0.251. The van der Waals surface area contributed by atoms with E-state index in [1.807, 2.05) is 0 Å². The van der Waals surface area contributed by atoms with Gasteiger partial charge in [-0.25, -0.2) is 13.8 Å². The Bertz CT molecular complexity index is 914. The van der Waals surface area contributed by atoms with E-state index in [1.165, 1.54) is 30.5 Å². The van der Waals surface area contributed by atoms with Gasteiger partial charge in [-0.1, -0.05) is 12.1 Å². The maximum atomic E-state index is 13.8. The monoisotopic (exact) mass is 369 g/mol. The van der Waals surface area contributed by atoms with Crippen LogP contribution in [-0.2, 0) is 0 Å². The van der Waals surface area contributed by atoms with Crippen molar-refractivity contribution in [2.45, 2.75) is 10.4 Å². The van der Waals surface area contributed by atoms with E-state index in [1.54, 1.807) is 6.07 Å². The summed E-state index contributed by atoms with van der Waals surface area (Å²) in [5, 5.41) is 7.40. The zero-order chi connectivity index (χ0) is 18.0. The molecule has 0 aliphatic heterocycles. The van der Waals surface area contributed by atoms with Crippen LogP contribution >= 0.6 is 11.8 Å². The van der Waals surface area contributed by atoms with Crippen LogP contribution in [0.4, 0.5) is 22.0 Å². The summed E-state index contributed by atoms with van der Waals surface area (Å²) in [6, 6.07) is 8.52. The van der Waals surface area contributed by atoms with E-state index in [0.29, 0.717) is 11.6 Å². The number of thioether (sulfide) groups is 1. The Morgan fingerprint density at radius 2 is 1.76 bits per heavy atom. The number of alkyl halides is 3. The summed E-state index contributed by atoms with van der Waals surface area (Å²) in [6.07, 6.45) is 1.25. The minimum absolute atomic E-state index is 0.0156. The molecular formula is C16H8F5N3S. The Kier molecular flexibility index (Phi) is 4.67. The average molecular weight is 369 g/mol. The lowest BCUT2D eigenvalue weighted by Gasteiger charge is -2.08. The van der Waals surface area contributed by atoms with Gasteiger partial charge in [-0.15, -0.1) is 5.10 Å². The molecule has 0 aliphatic carbocycles. The lowest BCUT2D eigenvalue weighted by molar-refractivity contribution is -0.0328. The molecule has 3 rings (SSSR count). The predicted octanol–water partition coefficient (Wildman–Crippen LogP) is 5.10. The largest absolute Gasteiger partial charge is 0.446 e. The number of hydrogen-bond acceptors (Lipinski definition) is 4. The summed E-state index contributed by atoms with van der Waals surface area (Å²) in [7, 11) is 0. The summed E-state index contributed by atoms with van der Waals surface area (Å²) in [5.41, 5.74) is -3.88. The predicted molar refractivity (Wildman–Crippen MR) is 82.5 cm³/mol. The third-order valence-electron chi connectivity index (χ3n) is 3.09. The topological polar surface area (TPSA) is 38.7 Å². The third-order valence-corrected chi connectivity index (χ3v) is 3.82. The van der Waals surface area contributed by atoms with E-state index >= 15 is 0 Å². The molecular weight excluding hydrogens is 361 g/mol. The van der Waals surface area contributed by atoms with Crippen molar-refractivity contribution in [2.24, 2.45) is 0 Å². The van der Waals surface area contributed by atoms with Gasteiger partial charge in [0.15, 0.2) is 5.82 Å². The number of nitrogens with zero attached hydrogens (tertiary/aromatic N) is 3. The quantitative estimate of drug-likeness (QED) is 0.476. The Morgan fingerprint density at radius 3 is 2.48 bits per heavy atom. The van der Waals surface area contributed by atoms with Crippen LogP contribution < -0.4 is 0 Å². The minimum atomic E-state index is -4.41. The van der Waals surface area contributed by atoms with Crippen molar-refractivity contribution in [3.05, 3.63) is 60.3 Å². The van der Waals surface area contributed by atoms with Gasteiger partial charge in [0.2, 0.25) is 0 Å². The van der Waals surface area contributed by atoms with E-state index in [9.17, 15) is 22.0 Å². The second-order valence-corrected chi connectivity index (χ2v) is 6.00. The standard InChI is InChI=1S/C16H8F5N3S/c17-10-4-5-12(13(18)7-10)15-23-14(8-22-24-15)9-2-1-3-11(6-9)25-16(19,20)21/h1-8H. The van der Waals surface area contributed by atoms with Crippen LogP contribution in [0.1, 0.15) is 0 Å². The van der Waals surface area contributed by atoms with Gasteiger partial charge in [-0.05, 0) is 36.0 Å². The van der Waals surface area contributed by atoms with Crippen molar-refractivity contribution >= 4 is 11.8 Å². The molecule has 0 unspecified atom stereocenters. The van der Waals surface area contributed by atoms with E-state index in [2.05, 4.69) is 15.2 Å². The van der Waals surface area contributed by atoms with Gasteiger partial charge >= 0.3 is 5.51 Å². The number of rotatable bonds is 3. The highest BCUT2D eigenvalue weighted by Gasteiger charge is 2.29. The molecule has 0 amide bonds. The summed E-state index contributed by atoms with van der Waals surface area (Å²) in [5.74, 6) is -1.70. The molecule has 0 spiro atoms. The molecule has 3 nitrogen and oxygen atoms in total. The smallest absolute Gasteiger partial charge is 0.225 e. The van der Waals surface area contributed by atoms with E-state index < -0.39 is 17.1 Å². The van der Waals surface area contributed by atoms with Crippen LogP contribution in [-0.4, -0.2) is 20.7 Å². The van der Waals surface area contributed by atoms with Crippen molar-refractivity contribution in [3.8, 4) is 22.6 Å². The normalized spacial score (nSPS) is 11.6. The van der Waals surface area contributed by atoms with Crippen molar-refractivity contribution < 1.29 is 22.0 Å². The fourth-order valence-electron chi connectivity index (χ4n) is 2.08. The molecule has 0 saturated heterocycles. The second kappa shape index (κ2) is 6.75. The molecule has 128 valence electrons. The SMILES string of the molecule is Fc1ccc(-c2nncc(-c3cccc(SC(F)(F)F)c3)n2)c(F)c1. The highest BCUT2D eigenvalue weighted by atomic mass is 32.2. The number of aromatic nitrogens is 3. The van der Waals surface area contributed by atoms with Crippen LogP contribution in [0, 0.1) is 11.6 Å². The van der Waals surface area contributed by atoms with Crippen LogP contribution in [0.3, 0.4) is 0 Å². The summed E-state index contributed by atoms with van der Waals surface area (Å²) in [4.78, 5) is 4.10. The minimum Gasteiger partial charge on any atom is -0.225 e. The zero-order valence-electron chi connectivity index (χ0n) is 12.3. The fourth-order valence-corrected chi connectivity index (χ4v) is 2.68. The first kappa shape index (κ1) is 17.3. The van der Waals surface area contributed by atoms with Crippen LogP contribution in [0.2, 0.25) is 0 Å². The number of benzene rings is 2. The van der Waals surface area contributed by atoms with Gasteiger partial charge in [0, 0.05) is 16.5 Å². The number of halogens is 5. The Morgan fingerprint density at radius 1 is 0.960 bits per heavy atom. The van der Waals surface area contributed by atoms with E-state index in [0.717, 1.165) is 6.07 Å². The molecule has 0 aliphatic rings. The van der Waals surface area contributed by atoms with E-state index in [4.69, 9.17) is 0 Å². The lowest BCUT2D eigenvalue weighted by atomic mass is 10.1. The first-order chi connectivity index (χ1) is 11.8. The molecule has 0 bridgehead atoms. The Labute approximate surface area is 142 Å². The molecule has 3 aromatic rings. The summed E-state index contributed by atoms with van der Waals surface area (Å²) in [6.45, 7) is 0. The first-order valence-corrected chi connectivity index (χ1v) is 7.65. The maximum absolute atomic E-state index is 13.8. The molecule has 9 heteroatoms. The Balaban J connectivity index is 1.98.